The molecule has 0 aliphatic carbocycles. The molecule has 0 spiro atoms. The van der Waals surface area contributed by atoms with Crippen molar-refractivity contribution in [2.24, 2.45) is 22.7 Å². The zero-order valence-corrected chi connectivity index (χ0v) is 24.2. The molecule has 210 valence electrons. The van der Waals surface area contributed by atoms with Crippen LogP contribution in [0.1, 0.15) is 85.6 Å². The Kier molecular flexibility index (Phi) is 12.2. The van der Waals surface area contributed by atoms with Crippen molar-refractivity contribution in [3.8, 4) is 5.75 Å². The van der Waals surface area contributed by atoms with Crippen LogP contribution in [-0.2, 0) is 16.0 Å². The van der Waals surface area contributed by atoms with Gasteiger partial charge in [-0.15, -0.1) is 0 Å². The van der Waals surface area contributed by atoms with E-state index in [9.17, 15) is 19.8 Å². The SMILES string of the molecule is CC(C(=O)Cc1ccccc1)C(C)(C)CCC(O)CCC(O)CCC(C)(C)C(C)C(=O)Oc1ccccc1. The summed E-state index contributed by atoms with van der Waals surface area (Å²) in [5, 5.41) is 21.2. The van der Waals surface area contributed by atoms with Crippen LogP contribution in [0.15, 0.2) is 60.7 Å². The summed E-state index contributed by atoms with van der Waals surface area (Å²) < 4.78 is 5.51. The first-order valence-electron chi connectivity index (χ1n) is 14.0. The van der Waals surface area contributed by atoms with Gasteiger partial charge in [-0.3, -0.25) is 9.59 Å². The molecule has 38 heavy (non-hydrogen) atoms. The quantitative estimate of drug-likeness (QED) is 0.187. The van der Waals surface area contributed by atoms with Gasteiger partial charge in [0.2, 0.25) is 0 Å². The lowest BCUT2D eigenvalue weighted by atomic mass is 9.72. The molecule has 0 bridgehead atoms. The Morgan fingerprint density at radius 1 is 0.711 bits per heavy atom. The summed E-state index contributed by atoms with van der Waals surface area (Å²) in [5.74, 6) is 0.0423. The summed E-state index contributed by atoms with van der Waals surface area (Å²) in [6.07, 6.45) is 2.94. The molecule has 0 radical (unpaired) electrons. The van der Waals surface area contributed by atoms with Crippen LogP contribution in [0.4, 0.5) is 0 Å². The average Bonchev–Trinajstić information content (AvgIpc) is 2.89. The molecule has 5 nitrogen and oxygen atoms in total. The summed E-state index contributed by atoms with van der Waals surface area (Å²) in [7, 11) is 0. The van der Waals surface area contributed by atoms with Crippen molar-refractivity contribution in [1.29, 1.82) is 0 Å². The lowest BCUT2D eigenvalue weighted by Crippen LogP contribution is -2.32. The van der Waals surface area contributed by atoms with Gasteiger partial charge in [-0.25, -0.2) is 0 Å². The highest BCUT2D eigenvalue weighted by Gasteiger charge is 2.34. The number of rotatable bonds is 16. The Morgan fingerprint density at radius 2 is 1.16 bits per heavy atom. The lowest BCUT2D eigenvalue weighted by Gasteiger charge is -2.32. The smallest absolute Gasteiger partial charge is 0.314 e. The Balaban J connectivity index is 1.72. The molecule has 0 aliphatic heterocycles. The molecule has 0 aromatic heterocycles. The number of para-hydroxylation sites is 1. The number of Topliss-reactive ketones (excluding diaryl/α,β-unsaturated/α-hetero) is 1. The summed E-state index contributed by atoms with van der Waals surface area (Å²) in [4.78, 5) is 25.4. The maximum atomic E-state index is 12.8. The Hall–Kier alpha value is -2.50. The second-order valence-corrected chi connectivity index (χ2v) is 12.2. The van der Waals surface area contributed by atoms with Gasteiger partial charge in [0.1, 0.15) is 11.5 Å². The van der Waals surface area contributed by atoms with E-state index < -0.39 is 12.2 Å². The standard InChI is InChI=1S/C33H48O5/c1-24(30(36)23-26-13-9-7-10-14-26)32(3,4)21-19-27(34)17-18-28(35)20-22-33(5,6)25(2)31(37)38-29-15-11-8-12-16-29/h7-16,24-25,27-28,34-35H,17-23H2,1-6H3. The van der Waals surface area contributed by atoms with Crippen molar-refractivity contribution in [1.82, 2.24) is 0 Å². The number of esters is 1. The number of carbonyl (C=O) groups excluding carboxylic acids is 2. The molecule has 0 saturated heterocycles. The second-order valence-electron chi connectivity index (χ2n) is 12.2. The van der Waals surface area contributed by atoms with Crippen molar-refractivity contribution < 1.29 is 24.5 Å². The number of ether oxygens (including phenoxy) is 1. The van der Waals surface area contributed by atoms with E-state index in [2.05, 4.69) is 13.8 Å². The molecule has 2 aromatic rings. The fourth-order valence-corrected chi connectivity index (χ4v) is 4.58. The molecule has 2 aromatic carbocycles. The molecule has 5 heteroatoms. The highest BCUT2D eigenvalue weighted by Crippen LogP contribution is 2.35. The Labute approximate surface area is 229 Å². The number of aliphatic hydroxyl groups is 2. The fourth-order valence-electron chi connectivity index (χ4n) is 4.58. The van der Waals surface area contributed by atoms with Crippen LogP contribution in [-0.4, -0.2) is 34.2 Å². The van der Waals surface area contributed by atoms with Crippen LogP contribution in [0.25, 0.3) is 0 Å². The van der Waals surface area contributed by atoms with Crippen LogP contribution >= 0.6 is 0 Å². The number of ketones is 1. The first-order valence-corrected chi connectivity index (χ1v) is 14.0. The first-order chi connectivity index (χ1) is 17.8. The largest absolute Gasteiger partial charge is 0.426 e. The first kappa shape index (κ1) is 31.7. The van der Waals surface area contributed by atoms with E-state index in [1.54, 1.807) is 12.1 Å². The topological polar surface area (TPSA) is 83.8 Å². The van der Waals surface area contributed by atoms with Gasteiger partial charge >= 0.3 is 5.97 Å². The fraction of sp³-hybridized carbons (Fsp3) is 0.576. The zero-order valence-electron chi connectivity index (χ0n) is 24.2. The van der Waals surface area contributed by atoms with Crippen molar-refractivity contribution >= 4 is 11.8 Å². The minimum atomic E-state index is -0.541. The molecule has 0 aliphatic rings. The van der Waals surface area contributed by atoms with Gasteiger partial charge in [0.25, 0.3) is 0 Å². The van der Waals surface area contributed by atoms with Gasteiger partial charge in [0, 0.05) is 12.3 Å². The second kappa shape index (κ2) is 14.6. The van der Waals surface area contributed by atoms with Crippen molar-refractivity contribution in [2.45, 2.75) is 98.7 Å². The van der Waals surface area contributed by atoms with Gasteiger partial charge < -0.3 is 14.9 Å². The third-order valence-electron chi connectivity index (χ3n) is 8.44. The number of benzene rings is 2. The molecule has 0 fully saturated rings. The molecule has 4 atom stereocenters. The highest BCUT2D eigenvalue weighted by molar-refractivity contribution is 5.83. The van der Waals surface area contributed by atoms with Gasteiger partial charge in [-0.1, -0.05) is 90.1 Å². The van der Waals surface area contributed by atoms with Gasteiger partial charge in [0.15, 0.2) is 0 Å². The summed E-state index contributed by atoms with van der Waals surface area (Å²) in [5.41, 5.74) is 0.470. The predicted octanol–water partition coefficient (Wildman–Crippen LogP) is 6.79. The number of hydrogen-bond acceptors (Lipinski definition) is 5. The summed E-state index contributed by atoms with van der Waals surface area (Å²) >= 11 is 0. The van der Waals surface area contributed by atoms with Gasteiger partial charge in [0.05, 0.1) is 18.1 Å². The number of aliphatic hydroxyl groups excluding tert-OH is 2. The normalized spacial score (nSPS) is 15.4. The number of hydrogen-bond donors (Lipinski definition) is 2. The van der Waals surface area contributed by atoms with Crippen LogP contribution in [0.3, 0.4) is 0 Å². The van der Waals surface area contributed by atoms with Crippen LogP contribution in [0, 0.1) is 22.7 Å². The van der Waals surface area contributed by atoms with Crippen LogP contribution in [0.5, 0.6) is 5.75 Å². The minimum Gasteiger partial charge on any atom is -0.426 e. The van der Waals surface area contributed by atoms with E-state index >= 15 is 0 Å². The maximum Gasteiger partial charge on any atom is 0.314 e. The molecule has 0 amide bonds. The van der Waals surface area contributed by atoms with E-state index in [4.69, 9.17) is 4.74 Å². The summed E-state index contributed by atoms with van der Waals surface area (Å²) in [6.45, 7) is 12.1. The Morgan fingerprint density at radius 3 is 1.66 bits per heavy atom. The zero-order chi connectivity index (χ0) is 28.3. The van der Waals surface area contributed by atoms with E-state index in [-0.39, 0.29) is 34.4 Å². The monoisotopic (exact) mass is 524 g/mol. The summed E-state index contributed by atoms with van der Waals surface area (Å²) in [6, 6.07) is 18.9. The van der Waals surface area contributed by atoms with Crippen LogP contribution in [0.2, 0.25) is 0 Å². The molecular formula is C33H48O5. The van der Waals surface area contributed by atoms with Crippen LogP contribution < -0.4 is 4.74 Å². The third kappa shape index (κ3) is 10.3. The molecular weight excluding hydrogens is 476 g/mol. The highest BCUT2D eigenvalue weighted by atomic mass is 16.5. The minimum absolute atomic E-state index is 0.113. The van der Waals surface area contributed by atoms with E-state index in [1.807, 2.05) is 76.2 Å². The molecule has 2 N–H and O–H groups in total. The van der Waals surface area contributed by atoms with Crippen molar-refractivity contribution in [2.75, 3.05) is 0 Å². The lowest BCUT2D eigenvalue weighted by molar-refractivity contribution is -0.142. The molecule has 0 saturated carbocycles. The third-order valence-corrected chi connectivity index (χ3v) is 8.44. The maximum absolute atomic E-state index is 12.8. The van der Waals surface area contributed by atoms with Gasteiger partial charge in [-0.2, -0.15) is 0 Å². The molecule has 0 heterocycles. The van der Waals surface area contributed by atoms with Crippen molar-refractivity contribution in [3.63, 3.8) is 0 Å². The average molecular weight is 525 g/mol. The van der Waals surface area contributed by atoms with Gasteiger partial charge in [-0.05, 0) is 67.1 Å². The molecule has 2 rings (SSSR count). The van der Waals surface area contributed by atoms with E-state index in [0.717, 1.165) is 12.0 Å². The Bertz CT molecular complexity index is 901. The van der Waals surface area contributed by atoms with E-state index in [1.165, 1.54) is 0 Å². The molecule has 4 unspecified atom stereocenters. The number of carbonyl (C=O) groups is 2. The van der Waals surface area contributed by atoms with E-state index in [0.29, 0.717) is 44.3 Å². The predicted molar refractivity (Wildman–Crippen MR) is 153 cm³/mol. The van der Waals surface area contributed by atoms with Crippen molar-refractivity contribution in [3.05, 3.63) is 66.2 Å².